The number of halogens is 1. The van der Waals surface area contributed by atoms with Crippen molar-refractivity contribution in [2.45, 2.75) is 32.7 Å². The van der Waals surface area contributed by atoms with Crippen molar-refractivity contribution in [3.05, 3.63) is 29.3 Å². The molecule has 22 heavy (non-hydrogen) atoms. The van der Waals surface area contributed by atoms with E-state index in [4.69, 9.17) is 4.74 Å². The fourth-order valence-corrected chi connectivity index (χ4v) is 2.64. The number of carbonyl (C=O) groups is 1. The summed E-state index contributed by atoms with van der Waals surface area (Å²) < 4.78 is 5.94. The molecule has 2 fully saturated rings. The van der Waals surface area contributed by atoms with Crippen molar-refractivity contribution in [1.29, 1.82) is 0 Å². The zero-order chi connectivity index (χ0) is 14.7. The van der Waals surface area contributed by atoms with E-state index >= 15 is 0 Å². The Labute approximate surface area is 138 Å². The first-order valence-electron chi connectivity index (χ1n) is 7.93. The molecular weight excluding hydrogens is 300 g/mol. The highest BCUT2D eigenvalue weighted by Crippen LogP contribution is 2.30. The van der Waals surface area contributed by atoms with Crippen LogP contribution >= 0.6 is 12.4 Å². The molecule has 2 N–H and O–H groups in total. The molecule has 0 radical (unpaired) electrons. The summed E-state index contributed by atoms with van der Waals surface area (Å²) in [6, 6.07) is 6.20. The molecule has 1 saturated heterocycles. The van der Waals surface area contributed by atoms with Crippen LogP contribution in [0, 0.1) is 18.8 Å². The van der Waals surface area contributed by atoms with Crippen LogP contribution in [0.15, 0.2) is 18.2 Å². The van der Waals surface area contributed by atoms with Gasteiger partial charge in [-0.15, -0.1) is 12.4 Å². The van der Waals surface area contributed by atoms with E-state index in [1.165, 1.54) is 18.4 Å². The Morgan fingerprint density at radius 1 is 1.36 bits per heavy atom. The quantitative estimate of drug-likeness (QED) is 0.845. The van der Waals surface area contributed by atoms with Gasteiger partial charge < -0.3 is 15.4 Å². The summed E-state index contributed by atoms with van der Waals surface area (Å²) in [6.07, 6.45) is 3.50. The van der Waals surface area contributed by atoms with Gasteiger partial charge in [0.25, 0.3) is 0 Å². The number of ether oxygens (including phenoxy) is 1. The van der Waals surface area contributed by atoms with Crippen molar-refractivity contribution in [2.75, 3.05) is 19.7 Å². The largest absolute Gasteiger partial charge is 0.493 e. The molecule has 122 valence electrons. The molecule has 0 aromatic heterocycles. The van der Waals surface area contributed by atoms with Gasteiger partial charge in [0.05, 0.1) is 12.5 Å². The van der Waals surface area contributed by atoms with E-state index in [0.29, 0.717) is 6.54 Å². The van der Waals surface area contributed by atoms with Gasteiger partial charge in [0, 0.05) is 18.7 Å². The SMILES string of the molecule is Cc1ccc(CNC(=O)C2CCNC2)c(OCC2CC2)c1.Cl. The van der Waals surface area contributed by atoms with Gasteiger partial charge in [-0.05, 0) is 50.3 Å². The molecule has 1 unspecified atom stereocenters. The zero-order valence-electron chi connectivity index (χ0n) is 13.1. The summed E-state index contributed by atoms with van der Waals surface area (Å²) >= 11 is 0. The number of amides is 1. The molecule has 1 amide bonds. The van der Waals surface area contributed by atoms with Crippen LogP contribution in [0.25, 0.3) is 0 Å². The molecule has 1 aromatic rings. The zero-order valence-corrected chi connectivity index (χ0v) is 13.9. The van der Waals surface area contributed by atoms with Crippen LogP contribution in [-0.2, 0) is 11.3 Å². The fourth-order valence-electron chi connectivity index (χ4n) is 2.64. The lowest BCUT2D eigenvalue weighted by Crippen LogP contribution is -2.31. The first-order valence-corrected chi connectivity index (χ1v) is 7.93. The Hall–Kier alpha value is -1.26. The normalized spacial score (nSPS) is 20.3. The Bertz CT molecular complexity index is 511. The molecule has 2 aliphatic rings. The Kier molecular flexibility index (Phi) is 6.09. The molecule has 5 heteroatoms. The summed E-state index contributed by atoms with van der Waals surface area (Å²) in [5.41, 5.74) is 2.26. The molecule has 1 saturated carbocycles. The Morgan fingerprint density at radius 3 is 2.86 bits per heavy atom. The van der Waals surface area contributed by atoms with Crippen molar-refractivity contribution in [1.82, 2.24) is 10.6 Å². The minimum absolute atomic E-state index is 0. The van der Waals surface area contributed by atoms with Gasteiger partial charge in [-0.1, -0.05) is 12.1 Å². The van der Waals surface area contributed by atoms with Crippen LogP contribution in [0.2, 0.25) is 0 Å². The van der Waals surface area contributed by atoms with E-state index < -0.39 is 0 Å². The van der Waals surface area contributed by atoms with Crippen molar-refractivity contribution < 1.29 is 9.53 Å². The van der Waals surface area contributed by atoms with Crippen molar-refractivity contribution in [2.24, 2.45) is 11.8 Å². The standard InChI is InChI=1S/C17H24N2O2.ClH/c1-12-2-5-14(16(8-12)21-11-13-3-4-13)10-19-17(20)15-6-7-18-9-15;/h2,5,8,13,15,18H,3-4,6-7,9-11H2,1H3,(H,19,20);1H. The Morgan fingerprint density at radius 2 is 2.18 bits per heavy atom. The summed E-state index contributed by atoms with van der Waals surface area (Å²) in [4.78, 5) is 12.1. The third-order valence-electron chi connectivity index (χ3n) is 4.28. The highest BCUT2D eigenvalue weighted by Gasteiger charge is 2.23. The van der Waals surface area contributed by atoms with Crippen LogP contribution in [0.4, 0.5) is 0 Å². The maximum Gasteiger partial charge on any atom is 0.224 e. The number of hydrogen-bond acceptors (Lipinski definition) is 3. The van der Waals surface area contributed by atoms with Gasteiger partial charge in [0.1, 0.15) is 5.75 Å². The number of hydrogen-bond donors (Lipinski definition) is 2. The van der Waals surface area contributed by atoms with Crippen molar-refractivity contribution in [3.8, 4) is 5.75 Å². The van der Waals surface area contributed by atoms with Crippen LogP contribution in [0.5, 0.6) is 5.75 Å². The summed E-state index contributed by atoms with van der Waals surface area (Å²) in [6.45, 7) is 5.16. The number of nitrogens with one attached hydrogen (secondary N) is 2. The number of rotatable bonds is 6. The lowest BCUT2D eigenvalue weighted by atomic mass is 10.1. The Balaban J connectivity index is 0.00000176. The van der Waals surface area contributed by atoms with E-state index in [0.717, 1.165) is 43.3 Å². The molecule has 3 rings (SSSR count). The molecule has 0 bridgehead atoms. The van der Waals surface area contributed by atoms with E-state index in [2.05, 4.69) is 35.8 Å². The second-order valence-corrected chi connectivity index (χ2v) is 6.27. The minimum atomic E-state index is 0. The second-order valence-electron chi connectivity index (χ2n) is 6.27. The average molecular weight is 325 g/mol. The number of benzene rings is 1. The number of carbonyl (C=O) groups excluding carboxylic acids is 1. The lowest BCUT2D eigenvalue weighted by molar-refractivity contribution is -0.124. The highest BCUT2D eigenvalue weighted by molar-refractivity contribution is 5.85. The first-order chi connectivity index (χ1) is 10.2. The average Bonchev–Trinajstić information content (AvgIpc) is 3.15. The van der Waals surface area contributed by atoms with Crippen LogP contribution < -0.4 is 15.4 Å². The van der Waals surface area contributed by atoms with E-state index in [9.17, 15) is 4.79 Å². The molecule has 1 atom stereocenters. The third kappa shape index (κ3) is 4.62. The van der Waals surface area contributed by atoms with Gasteiger partial charge in [-0.3, -0.25) is 4.79 Å². The monoisotopic (exact) mass is 324 g/mol. The minimum Gasteiger partial charge on any atom is -0.493 e. The van der Waals surface area contributed by atoms with Crippen LogP contribution in [0.3, 0.4) is 0 Å². The maximum atomic E-state index is 12.1. The van der Waals surface area contributed by atoms with E-state index in [1.807, 2.05) is 0 Å². The summed E-state index contributed by atoms with van der Waals surface area (Å²) in [5.74, 6) is 1.92. The van der Waals surface area contributed by atoms with Gasteiger partial charge in [0.2, 0.25) is 5.91 Å². The molecule has 1 aliphatic heterocycles. The van der Waals surface area contributed by atoms with Gasteiger partial charge in [-0.25, -0.2) is 0 Å². The first kappa shape index (κ1) is 17.1. The predicted octanol–water partition coefficient (Wildman–Crippen LogP) is 2.43. The van der Waals surface area contributed by atoms with Gasteiger partial charge in [-0.2, -0.15) is 0 Å². The van der Waals surface area contributed by atoms with E-state index in [-0.39, 0.29) is 24.2 Å². The van der Waals surface area contributed by atoms with Crippen LogP contribution in [0.1, 0.15) is 30.4 Å². The molecule has 1 aliphatic carbocycles. The molecule has 1 aromatic carbocycles. The molecule has 4 nitrogen and oxygen atoms in total. The predicted molar refractivity (Wildman–Crippen MR) is 89.5 cm³/mol. The van der Waals surface area contributed by atoms with E-state index in [1.54, 1.807) is 0 Å². The van der Waals surface area contributed by atoms with Crippen LogP contribution in [-0.4, -0.2) is 25.6 Å². The maximum absolute atomic E-state index is 12.1. The topological polar surface area (TPSA) is 50.4 Å². The van der Waals surface area contributed by atoms with Gasteiger partial charge >= 0.3 is 0 Å². The highest BCUT2D eigenvalue weighted by atomic mass is 35.5. The number of aryl methyl sites for hydroxylation is 1. The van der Waals surface area contributed by atoms with Gasteiger partial charge in [0.15, 0.2) is 0 Å². The molecule has 0 spiro atoms. The second kappa shape index (κ2) is 7.84. The third-order valence-corrected chi connectivity index (χ3v) is 4.28. The molecular formula is C17H25ClN2O2. The lowest BCUT2D eigenvalue weighted by Gasteiger charge is -2.14. The summed E-state index contributed by atoms with van der Waals surface area (Å²) in [5, 5.41) is 6.27. The fraction of sp³-hybridized carbons (Fsp3) is 0.588. The van der Waals surface area contributed by atoms with Crippen molar-refractivity contribution in [3.63, 3.8) is 0 Å². The van der Waals surface area contributed by atoms with Crippen molar-refractivity contribution >= 4 is 18.3 Å². The summed E-state index contributed by atoms with van der Waals surface area (Å²) in [7, 11) is 0. The molecule has 1 heterocycles. The smallest absolute Gasteiger partial charge is 0.224 e.